The standard InChI is InChI=1S/C45H57N5O7/c1-30(2)25-38(49-44(55)57-29-33-17-11-8-12-18-33)41(52)48-37(27-31-15-9-7-10-16-31)39(51)28-35(47-42(53)40(45(3,4)5)50-43(54)56-6)26-32-20-22-34(23-21-32)36-19-13-14-24-46-36/h7-24,30,35,37-40,51H,25-29H2,1-6H3,(H,47,53)(H,48,52)(H,49,55)(H,50,54)/t35-,37-,38-,39-,40+/m0/s1. The van der Waals surface area contributed by atoms with Crippen LogP contribution in [0.4, 0.5) is 9.59 Å². The third-order valence-corrected chi connectivity index (χ3v) is 9.46. The predicted molar refractivity (Wildman–Crippen MR) is 220 cm³/mol. The van der Waals surface area contributed by atoms with Gasteiger partial charge in [0.25, 0.3) is 0 Å². The number of nitrogens with one attached hydrogen (secondary N) is 4. The van der Waals surface area contributed by atoms with Gasteiger partial charge in [0.15, 0.2) is 0 Å². The van der Waals surface area contributed by atoms with Crippen molar-refractivity contribution in [1.29, 1.82) is 0 Å². The average molecular weight is 780 g/mol. The largest absolute Gasteiger partial charge is 0.453 e. The number of carbonyl (C=O) groups excluding carboxylic acids is 4. The molecule has 0 aliphatic heterocycles. The van der Waals surface area contributed by atoms with Gasteiger partial charge in [0.05, 0.1) is 24.9 Å². The highest BCUT2D eigenvalue weighted by atomic mass is 16.5. The van der Waals surface area contributed by atoms with Crippen molar-refractivity contribution < 1.29 is 33.8 Å². The fourth-order valence-corrected chi connectivity index (χ4v) is 6.46. The second-order valence-corrected chi connectivity index (χ2v) is 15.8. The highest BCUT2D eigenvalue weighted by Gasteiger charge is 2.36. The molecule has 0 spiro atoms. The van der Waals surface area contributed by atoms with Gasteiger partial charge in [-0.1, -0.05) is 126 Å². The summed E-state index contributed by atoms with van der Waals surface area (Å²) in [6.07, 6.45) is 0.0752. The molecular weight excluding hydrogens is 723 g/mol. The first kappa shape index (κ1) is 44.0. The molecular formula is C45H57N5O7. The lowest BCUT2D eigenvalue weighted by atomic mass is 9.85. The lowest BCUT2D eigenvalue weighted by Gasteiger charge is -2.33. The summed E-state index contributed by atoms with van der Waals surface area (Å²) in [5.41, 5.74) is 3.63. The number of nitrogens with zero attached hydrogens (tertiary/aromatic N) is 1. The molecule has 0 aliphatic rings. The van der Waals surface area contributed by atoms with Gasteiger partial charge in [-0.25, -0.2) is 9.59 Å². The van der Waals surface area contributed by atoms with Crippen molar-refractivity contribution in [2.45, 2.75) is 97.2 Å². The minimum atomic E-state index is -1.15. The molecule has 304 valence electrons. The molecule has 4 rings (SSSR count). The van der Waals surface area contributed by atoms with Gasteiger partial charge in [-0.2, -0.15) is 0 Å². The Morgan fingerprint density at radius 1 is 0.684 bits per heavy atom. The quantitative estimate of drug-likeness (QED) is 0.0777. The Balaban J connectivity index is 1.59. The number of hydrogen-bond acceptors (Lipinski definition) is 8. The number of aliphatic hydroxyl groups excluding tert-OH is 1. The lowest BCUT2D eigenvalue weighted by molar-refractivity contribution is -0.127. The Bertz CT molecular complexity index is 1850. The molecule has 12 nitrogen and oxygen atoms in total. The van der Waals surface area contributed by atoms with Crippen molar-refractivity contribution in [3.63, 3.8) is 0 Å². The lowest BCUT2D eigenvalue weighted by Crippen LogP contribution is -2.57. The zero-order valence-electron chi connectivity index (χ0n) is 33.7. The fourth-order valence-electron chi connectivity index (χ4n) is 6.46. The summed E-state index contributed by atoms with van der Waals surface area (Å²) < 4.78 is 10.2. The Kier molecular flexibility index (Phi) is 16.6. The Labute approximate surface area is 336 Å². The van der Waals surface area contributed by atoms with E-state index in [0.29, 0.717) is 12.8 Å². The van der Waals surface area contributed by atoms with Crippen LogP contribution in [0, 0.1) is 11.3 Å². The number of pyridine rings is 1. The molecule has 0 fully saturated rings. The first-order valence-corrected chi connectivity index (χ1v) is 19.4. The van der Waals surface area contributed by atoms with Gasteiger partial charge in [-0.05, 0) is 65.8 Å². The normalized spacial score (nSPS) is 14.0. The van der Waals surface area contributed by atoms with Crippen LogP contribution in [0.15, 0.2) is 109 Å². The molecule has 3 aromatic carbocycles. The molecule has 0 saturated carbocycles. The number of ether oxygens (including phenoxy) is 2. The van der Waals surface area contributed by atoms with E-state index in [0.717, 1.165) is 27.9 Å². The number of alkyl carbamates (subject to hydrolysis) is 2. The van der Waals surface area contributed by atoms with Gasteiger partial charge < -0.3 is 35.8 Å². The van der Waals surface area contributed by atoms with Crippen LogP contribution in [0.25, 0.3) is 11.3 Å². The van der Waals surface area contributed by atoms with Crippen molar-refractivity contribution in [3.8, 4) is 11.3 Å². The van der Waals surface area contributed by atoms with Crippen LogP contribution < -0.4 is 21.3 Å². The maximum atomic E-state index is 14.0. The molecule has 0 aliphatic carbocycles. The fraction of sp³-hybridized carbons (Fsp3) is 0.400. The summed E-state index contributed by atoms with van der Waals surface area (Å²) in [7, 11) is 1.23. The monoisotopic (exact) mass is 779 g/mol. The number of amides is 4. The van der Waals surface area contributed by atoms with E-state index in [1.807, 2.05) is 138 Å². The second kappa shape index (κ2) is 21.5. The Hall–Kier alpha value is -5.75. The summed E-state index contributed by atoms with van der Waals surface area (Å²) in [5.74, 6) is -0.874. The highest BCUT2D eigenvalue weighted by molar-refractivity contribution is 5.87. The Morgan fingerprint density at radius 3 is 1.88 bits per heavy atom. The van der Waals surface area contributed by atoms with Gasteiger partial charge in [0.1, 0.15) is 18.7 Å². The minimum Gasteiger partial charge on any atom is -0.453 e. The van der Waals surface area contributed by atoms with Gasteiger partial charge in [-0.15, -0.1) is 0 Å². The molecule has 0 radical (unpaired) electrons. The maximum Gasteiger partial charge on any atom is 0.408 e. The summed E-state index contributed by atoms with van der Waals surface area (Å²) in [6, 6.07) is 28.9. The molecule has 4 aromatic rings. The number of methoxy groups -OCH3 is 1. The van der Waals surface area contributed by atoms with Crippen molar-refractivity contribution in [2.75, 3.05) is 7.11 Å². The maximum absolute atomic E-state index is 14.0. The molecule has 5 atom stereocenters. The highest BCUT2D eigenvalue weighted by Crippen LogP contribution is 2.23. The van der Waals surface area contributed by atoms with Crippen LogP contribution in [-0.4, -0.2) is 71.5 Å². The smallest absolute Gasteiger partial charge is 0.408 e. The van der Waals surface area contributed by atoms with E-state index in [1.54, 1.807) is 6.20 Å². The zero-order valence-corrected chi connectivity index (χ0v) is 33.7. The topological polar surface area (TPSA) is 168 Å². The van der Waals surface area contributed by atoms with Crippen molar-refractivity contribution in [3.05, 3.63) is 126 Å². The number of carbonyl (C=O) groups is 4. The molecule has 1 heterocycles. The van der Waals surface area contributed by atoms with E-state index in [-0.39, 0.29) is 25.4 Å². The molecule has 0 saturated heterocycles. The van der Waals surface area contributed by atoms with E-state index in [1.165, 1.54) is 7.11 Å². The summed E-state index contributed by atoms with van der Waals surface area (Å²) in [6.45, 7) is 9.43. The van der Waals surface area contributed by atoms with Crippen molar-refractivity contribution in [2.24, 2.45) is 11.3 Å². The molecule has 5 N–H and O–H groups in total. The third-order valence-electron chi connectivity index (χ3n) is 9.46. The number of aliphatic hydroxyl groups is 1. The van der Waals surface area contributed by atoms with Crippen LogP contribution in [0.1, 0.15) is 64.2 Å². The van der Waals surface area contributed by atoms with Gasteiger partial charge >= 0.3 is 12.2 Å². The first-order valence-electron chi connectivity index (χ1n) is 19.4. The van der Waals surface area contributed by atoms with Crippen LogP contribution in [0.2, 0.25) is 0 Å². The van der Waals surface area contributed by atoms with E-state index in [9.17, 15) is 24.3 Å². The number of benzene rings is 3. The summed E-state index contributed by atoms with van der Waals surface area (Å²) in [4.78, 5) is 57.6. The molecule has 4 amide bonds. The van der Waals surface area contributed by atoms with Gasteiger partial charge in [0.2, 0.25) is 11.8 Å². The number of rotatable bonds is 18. The Morgan fingerprint density at radius 2 is 1.30 bits per heavy atom. The van der Waals surface area contributed by atoms with E-state index >= 15 is 0 Å². The second-order valence-electron chi connectivity index (χ2n) is 15.8. The van der Waals surface area contributed by atoms with Crippen molar-refractivity contribution >= 4 is 24.0 Å². The van der Waals surface area contributed by atoms with Crippen molar-refractivity contribution in [1.82, 2.24) is 26.3 Å². The average Bonchev–Trinajstić information content (AvgIpc) is 3.19. The van der Waals surface area contributed by atoms with Gasteiger partial charge in [-0.3, -0.25) is 14.6 Å². The van der Waals surface area contributed by atoms with E-state index in [2.05, 4.69) is 26.3 Å². The van der Waals surface area contributed by atoms with Gasteiger partial charge in [0, 0.05) is 17.8 Å². The van der Waals surface area contributed by atoms with Crippen LogP contribution in [-0.2, 0) is 38.5 Å². The molecule has 0 bridgehead atoms. The first-order chi connectivity index (χ1) is 27.2. The summed E-state index contributed by atoms with van der Waals surface area (Å²) in [5, 5.41) is 23.5. The minimum absolute atomic E-state index is 0.0436. The van der Waals surface area contributed by atoms with E-state index < -0.39 is 59.7 Å². The molecule has 12 heteroatoms. The molecule has 1 aromatic heterocycles. The summed E-state index contributed by atoms with van der Waals surface area (Å²) >= 11 is 0. The van der Waals surface area contributed by atoms with E-state index in [4.69, 9.17) is 9.47 Å². The van der Waals surface area contributed by atoms with Crippen LogP contribution >= 0.6 is 0 Å². The number of hydrogen-bond donors (Lipinski definition) is 5. The zero-order chi connectivity index (χ0) is 41.4. The predicted octanol–water partition coefficient (Wildman–Crippen LogP) is 6.37. The van der Waals surface area contributed by atoms with Crippen LogP contribution in [0.5, 0.6) is 0 Å². The molecule has 0 unspecified atom stereocenters. The molecule has 57 heavy (non-hydrogen) atoms. The number of aromatic nitrogens is 1. The van der Waals surface area contributed by atoms with Crippen LogP contribution in [0.3, 0.4) is 0 Å². The third kappa shape index (κ3) is 14.7. The SMILES string of the molecule is COC(=O)N[C@H](C(=O)N[C@@H](Cc1ccc(-c2ccccn2)cc1)C[C@H](O)[C@H](Cc1ccccc1)NC(=O)[C@H](CC(C)C)NC(=O)OCc1ccccc1)C(C)(C)C.